The van der Waals surface area contributed by atoms with Crippen molar-refractivity contribution < 1.29 is 0 Å². The van der Waals surface area contributed by atoms with E-state index in [0.29, 0.717) is 0 Å². The first-order valence-electron chi connectivity index (χ1n) is 7.52. The van der Waals surface area contributed by atoms with Gasteiger partial charge in [-0.25, -0.2) is 0 Å². The van der Waals surface area contributed by atoms with Crippen LogP contribution >= 0.6 is 15.9 Å². The topological polar surface area (TPSA) is 3.24 Å². The van der Waals surface area contributed by atoms with Gasteiger partial charge in [0.15, 0.2) is 0 Å². The lowest BCUT2D eigenvalue weighted by Gasteiger charge is -2.24. The lowest BCUT2D eigenvalue weighted by atomic mass is 9.89. The van der Waals surface area contributed by atoms with Crippen molar-refractivity contribution in [1.82, 2.24) is 0 Å². The summed E-state index contributed by atoms with van der Waals surface area (Å²) >= 11 is 3.55. The van der Waals surface area contributed by atoms with E-state index in [1.165, 1.54) is 49.2 Å². The van der Waals surface area contributed by atoms with Crippen LogP contribution in [0, 0.1) is 18.8 Å². The molecule has 106 valence electrons. The van der Waals surface area contributed by atoms with E-state index < -0.39 is 0 Å². The monoisotopic (exact) mass is 323 g/mol. The largest absolute Gasteiger partial charge is 0.372 e. The van der Waals surface area contributed by atoms with E-state index in [1.807, 2.05) is 0 Å². The smallest absolute Gasteiger partial charge is 0.0369 e. The summed E-state index contributed by atoms with van der Waals surface area (Å²) in [6.07, 6.45) is 4.08. The highest BCUT2D eigenvalue weighted by Crippen LogP contribution is 2.28. The number of alkyl halides is 1. The normalized spacial score (nSPS) is 20.7. The molecule has 1 aliphatic rings. The summed E-state index contributed by atoms with van der Waals surface area (Å²) in [5.74, 6) is 1.74. The third-order valence-corrected chi connectivity index (χ3v) is 5.15. The Kier molecular flexibility index (Phi) is 5.32. The first-order valence-corrected chi connectivity index (χ1v) is 8.64. The van der Waals surface area contributed by atoms with Crippen LogP contribution in [0.4, 0.5) is 5.69 Å². The van der Waals surface area contributed by atoms with Gasteiger partial charge in [-0.15, -0.1) is 0 Å². The van der Waals surface area contributed by atoms with Crippen molar-refractivity contribution in [2.45, 2.75) is 45.4 Å². The van der Waals surface area contributed by atoms with Gasteiger partial charge >= 0.3 is 0 Å². The highest BCUT2D eigenvalue weighted by atomic mass is 79.9. The Hall–Kier alpha value is -0.500. The average molecular weight is 324 g/mol. The molecular weight excluding hydrogens is 298 g/mol. The van der Waals surface area contributed by atoms with E-state index in [9.17, 15) is 0 Å². The van der Waals surface area contributed by atoms with E-state index >= 15 is 0 Å². The Morgan fingerprint density at radius 2 is 2.05 bits per heavy atom. The summed E-state index contributed by atoms with van der Waals surface area (Å²) < 4.78 is 0. The molecule has 1 fully saturated rings. The molecule has 2 heteroatoms. The number of hydrogen-bond acceptors (Lipinski definition) is 1. The Bertz CT molecular complexity index is 414. The van der Waals surface area contributed by atoms with Crippen LogP contribution in [0.15, 0.2) is 18.2 Å². The average Bonchev–Trinajstić information content (AvgIpc) is 2.64. The minimum Gasteiger partial charge on any atom is -0.372 e. The number of halogens is 1. The van der Waals surface area contributed by atoms with Crippen molar-refractivity contribution in [3.05, 3.63) is 29.3 Å². The molecule has 0 aliphatic carbocycles. The highest BCUT2D eigenvalue weighted by Gasteiger charge is 2.19. The van der Waals surface area contributed by atoms with Gasteiger partial charge in [0.25, 0.3) is 0 Å². The zero-order chi connectivity index (χ0) is 13.8. The van der Waals surface area contributed by atoms with Crippen molar-refractivity contribution in [2.24, 2.45) is 11.8 Å². The summed E-state index contributed by atoms with van der Waals surface area (Å²) in [4.78, 5) is 2.58. The van der Waals surface area contributed by atoms with Crippen LogP contribution in [0.3, 0.4) is 0 Å². The zero-order valence-electron chi connectivity index (χ0n) is 12.5. The van der Waals surface area contributed by atoms with Crippen LogP contribution in [0.25, 0.3) is 0 Å². The molecule has 19 heavy (non-hydrogen) atoms. The molecule has 0 amide bonds. The SMILES string of the molecule is Cc1cc(N2CCCC(C(C)C)CC2)ccc1CBr. The van der Waals surface area contributed by atoms with Gasteiger partial charge in [0.2, 0.25) is 0 Å². The van der Waals surface area contributed by atoms with Crippen molar-refractivity contribution in [3.63, 3.8) is 0 Å². The molecule has 1 saturated heterocycles. The van der Waals surface area contributed by atoms with E-state index in [1.54, 1.807) is 0 Å². The number of hydrogen-bond donors (Lipinski definition) is 0. The second-order valence-electron chi connectivity index (χ2n) is 6.17. The third kappa shape index (κ3) is 3.75. The molecule has 0 spiro atoms. The minimum atomic E-state index is 0.831. The molecule has 0 aromatic heterocycles. The Morgan fingerprint density at radius 3 is 2.68 bits per heavy atom. The number of anilines is 1. The fraction of sp³-hybridized carbons (Fsp3) is 0.647. The first-order chi connectivity index (χ1) is 9.11. The van der Waals surface area contributed by atoms with Gasteiger partial charge < -0.3 is 4.90 Å². The van der Waals surface area contributed by atoms with Gasteiger partial charge in [-0.2, -0.15) is 0 Å². The molecule has 1 aliphatic heterocycles. The van der Waals surface area contributed by atoms with Gasteiger partial charge in [-0.05, 0) is 61.3 Å². The predicted octanol–water partition coefficient (Wildman–Crippen LogP) is 5.15. The molecular formula is C17H26BrN. The van der Waals surface area contributed by atoms with Crippen LogP contribution < -0.4 is 4.90 Å². The van der Waals surface area contributed by atoms with Crippen LogP contribution in [-0.2, 0) is 5.33 Å². The fourth-order valence-electron chi connectivity index (χ4n) is 3.07. The number of rotatable bonds is 3. The summed E-state index contributed by atoms with van der Waals surface area (Å²) in [7, 11) is 0. The van der Waals surface area contributed by atoms with Crippen molar-refractivity contribution in [3.8, 4) is 0 Å². The maximum atomic E-state index is 3.55. The van der Waals surface area contributed by atoms with Crippen molar-refractivity contribution in [1.29, 1.82) is 0 Å². The van der Waals surface area contributed by atoms with E-state index in [-0.39, 0.29) is 0 Å². The number of benzene rings is 1. The predicted molar refractivity (Wildman–Crippen MR) is 88.2 cm³/mol. The van der Waals surface area contributed by atoms with Crippen LogP contribution in [0.1, 0.15) is 44.2 Å². The first kappa shape index (κ1) is 14.9. The summed E-state index contributed by atoms with van der Waals surface area (Å²) in [6, 6.07) is 6.91. The molecule has 1 heterocycles. The number of aryl methyl sites for hydroxylation is 1. The van der Waals surface area contributed by atoms with Crippen molar-refractivity contribution in [2.75, 3.05) is 18.0 Å². The molecule has 1 unspecified atom stereocenters. The maximum absolute atomic E-state index is 3.55. The van der Waals surface area contributed by atoms with E-state index in [4.69, 9.17) is 0 Å². The van der Waals surface area contributed by atoms with Crippen LogP contribution in [0.5, 0.6) is 0 Å². The molecule has 1 nitrogen and oxygen atoms in total. The molecule has 1 atom stereocenters. The fourth-order valence-corrected chi connectivity index (χ4v) is 3.70. The lowest BCUT2D eigenvalue weighted by molar-refractivity contribution is 0.351. The molecule has 1 aromatic rings. The highest BCUT2D eigenvalue weighted by molar-refractivity contribution is 9.08. The van der Waals surface area contributed by atoms with E-state index in [0.717, 1.165) is 17.2 Å². The van der Waals surface area contributed by atoms with Gasteiger partial charge in [0.1, 0.15) is 0 Å². The molecule has 0 N–H and O–H groups in total. The summed E-state index contributed by atoms with van der Waals surface area (Å²) in [5, 5.41) is 0.953. The second kappa shape index (κ2) is 6.78. The number of nitrogens with zero attached hydrogens (tertiary/aromatic N) is 1. The molecule has 0 radical (unpaired) electrons. The zero-order valence-corrected chi connectivity index (χ0v) is 14.0. The summed E-state index contributed by atoms with van der Waals surface area (Å²) in [6.45, 7) is 9.39. The van der Waals surface area contributed by atoms with E-state index in [2.05, 4.69) is 59.8 Å². The van der Waals surface area contributed by atoms with Gasteiger partial charge in [-0.3, -0.25) is 0 Å². The van der Waals surface area contributed by atoms with Crippen molar-refractivity contribution >= 4 is 21.6 Å². The second-order valence-corrected chi connectivity index (χ2v) is 6.73. The summed E-state index contributed by atoms with van der Waals surface area (Å²) in [5.41, 5.74) is 4.21. The molecule has 0 saturated carbocycles. The quantitative estimate of drug-likeness (QED) is 0.695. The van der Waals surface area contributed by atoms with Gasteiger partial charge in [0, 0.05) is 24.1 Å². The van der Waals surface area contributed by atoms with Gasteiger partial charge in [0.05, 0.1) is 0 Å². The maximum Gasteiger partial charge on any atom is 0.0369 e. The minimum absolute atomic E-state index is 0.831. The molecule has 1 aromatic carbocycles. The molecule has 2 rings (SSSR count). The van der Waals surface area contributed by atoms with Crippen LogP contribution in [-0.4, -0.2) is 13.1 Å². The standard InChI is InChI=1S/C17H26BrN/c1-13(2)15-5-4-9-19(10-8-15)17-7-6-16(12-18)14(3)11-17/h6-7,11,13,15H,4-5,8-10,12H2,1-3H3. The Morgan fingerprint density at radius 1 is 1.26 bits per heavy atom. The third-order valence-electron chi connectivity index (χ3n) is 4.55. The van der Waals surface area contributed by atoms with Crippen LogP contribution in [0.2, 0.25) is 0 Å². The Balaban J connectivity index is 2.08. The van der Waals surface area contributed by atoms with Gasteiger partial charge in [-0.1, -0.05) is 35.8 Å². The lowest BCUT2D eigenvalue weighted by Crippen LogP contribution is -2.24. The Labute approximate surface area is 126 Å². The molecule has 0 bridgehead atoms.